The van der Waals surface area contributed by atoms with E-state index in [1.54, 1.807) is 19.4 Å². The zero-order valence-electron chi connectivity index (χ0n) is 29.1. The molecular formula is C40H43N6O5+. The molecule has 0 radical (unpaired) electrons. The van der Waals surface area contributed by atoms with Crippen molar-refractivity contribution in [3.63, 3.8) is 0 Å². The Hall–Kier alpha value is -5.81. The van der Waals surface area contributed by atoms with Gasteiger partial charge in [-0.25, -0.2) is 14.6 Å². The first kappa shape index (κ1) is 35.0. The van der Waals surface area contributed by atoms with Gasteiger partial charge in [0.2, 0.25) is 12.1 Å². The number of nitrogens with zero attached hydrogens (tertiary/aromatic N) is 4. The van der Waals surface area contributed by atoms with Crippen molar-refractivity contribution in [1.82, 2.24) is 25.3 Å². The molecule has 3 heterocycles. The highest BCUT2D eigenvalue weighted by Gasteiger charge is 2.68. The molecule has 11 nitrogen and oxygen atoms in total. The molecule has 2 unspecified atom stereocenters. The van der Waals surface area contributed by atoms with Gasteiger partial charge in [-0.15, -0.1) is 9.60 Å². The second-order valence-electron chi connectivity index (χ2n) is 13.5. The van der Waals surface area contributed by atoms with Crippen LogP contribution in [0.5, 0.6) is 5.75 Å². The normalized spacial score (nSPS) is 17.7. The van der Waals surface area contributed by atoms with Crippen LogP contribution >= 0.6 is 0 Å². The molecule has 1 aliphatic heterocycles. The van der Waals surface area contributed by atoms with Crippen LogP contribution in [0.25, 0.3) is 0 Å². The number of rotatable bonds is 14. The molecular weight excluding hydrogens is 644 g/mol. The van der Waals surface area contributed by atoms with Crippen LogP contribution in [0.15, 0.2) is 122 Å². The molecule has 1 saturated heterocycles. The molecule has 1 fully saturated rings. The van der Waals surface area contributed by atoms with E-state index in [1.165, 1.54) is 11.3 Å². The van der Waals surface area contributed by atoms with Crippen molar-refractivity contribution in [2.75, 3.05) is 13.6 Å². The van der Waals surface area contributed by atoms with Crippen LogP contribution in [0.2, 0.25) is 0 Å². The van der Waals surface area contributed by atoms with Crippen molar-refractivity contribution in [3.8, 4) is 5.75 Å². The number of likely N-dealkylation sites (N-methyl/N-ethyl adjacent to an activating group) is 1. The molecule has 3 atom stereocenters. The third-order valence-corrected chi connectivity index (χ3v) is 9.47. The monoisotopic (exact) mass is 687 g/mol. The average molecular weight is 688 g/mol. The van der Waals surface area contributed by atoms with E-state index in [9.17, 15) is 14.4 Å². The highest BCUT2D eigenvalue weighted by atomic mass is 16.6. The summed E-state index contributed by atoms with van der Waals surface area (Å²) >= 11 is 0. The van der Waals surface area contributed by atoms with E-state index >= 15 is 0 Å². The fraction of sp³-hybridized carbons (Fsp3) is 0.275. The Morgan fingerprint density at radius 2 is 1.63 bits per heavy atom. The molecule has 1 aliphatic rings. The third-order valence-electron chi connectivity index (χ3n) is 9.47. The van der Waals surface area contributed by atoms with Crippen molar-refractivity contribution >= 4 is 17.9 Å². The number of carbonyl (C=O) groups excluding carboxylic acids is 3. The van der Waals surface area contributed by atoms with Gasteiger partial charge in [0.1, 0.15) is 19.0 Å². The van der Waals surface area contributed by atoms with Gasteiger partial charge in [-0.3, -0.25) is 9.78 Å². The molecule has 2 N–H and O–H groups in total. The summed E-state index contributed by atoms with van der Waals surface area (Å²) in [5, 5.41) is 4.52. The fourth-order valence-corrected chi connectivity index (χ4v) is 6.41. The van der Waals surface area contributed by atoms with Crippen molar-refractivity contribution in [3.05, 3.63) is 150 Å². The van der Waals surface area contributed by atoms with Crippen LogP contribution in [0.1, 0.15) is 41.9 Å². The summed E-state index contributed by atoms with van der Waals surface area (Å²) in [6.07, 6.45) is 4.54. The molecule has 0 saturated carbocycles. The number of H-pyrrole nitrogens is 1. The van der Waals surface area contributed by atoms with Crippen LogP contribution in [-0.4, -0.2) is 68.1 Å². The highest BCUT2D eigenvalue weighted by molar-refractivity contribution is 5.91. The minimum Gasteiger partial charge on any atom is -0.487 e. The number of imidazole rings is 1. The number of ether oxygens (including phenoxy) is 2. The van der Waals surface area contributed by atoms with Gasteiger partial charge in [0.05, 0.1) is 19.1 Å². The number of hydrogen-bond donors (Lipinski definition) is 2. The van der Waals surface area contributed by atoms with Crippen LogP contribution in [0.4, 0.5) is 4.79 Å². The predicted molar refractivity (Wildman–Crippen MR) is 191 cm³/mol. The standard InChI is InChI=1S/C40H42N6O5/c1-40(2,31-14-8-5-9-15-31)27-43-37(47)36(22-29-17-19-34(20-18-29)50-26-32-16-10-11-21-42-32)46(3)38(48)35(23-33-24-41-28-44-33)45(46)39(49)51-25-30-12-6-4-7-13-30/h4-21,24,28,35-36H,22-23,25-27H2,1-3H3,(H-,41,43,44,47)/p+1/t35-,36?,46?/m0/s1. The molecule has 51 heavy (non-hydrogen) atoms. The maximum absolute atomic E-state index is 14.4. The van der Waals surface area contributed by atoms with Crippen molar-refractivity contribution in [2.45, 2.75) is 57.4 Å². The number of amides is 3. The summed E-state index contributed by atoms with van der Waals surface area (Å²) < 4.78 is 11.1. The summed E-state index contributed by atoms with van der Waals surface area (Å²) in [5.74, 6) is 0.00593. The lowest BCUT2D eigenvalue weighted by atomic mass is 9.84. The van der Waals surface area contributed by atoms with E-state index in [1.807, 2.05) is 103 Å². The molecule has 5 aromatic rings. The lowest BCUT2D eigenvalue weighted by molar-refractivity contribution is -0.989. The van der Waals surface area contributed by atoms with Gasteiger partial charge in [-0.1, -0.05) is 92.7 Å². The van der Waals surface area contributed by atoms with Crippen molar-refractivity contribution < 1.29 is 28.4 Å². The van der Waals surface area contributed by atoms with Gasteiger partial charge in [0, 0.05) is 42.9 Å². The SMILES string of the molecule is CC(C)(CNC(=O)C(Cc1ccc(OCc2ccccn2)cc1)[N+]1(C)C(=O)[C@H](Cc2cnc[nH]2)N1C(=O)OCc1ccccc1)c1ccccc1. The Morgan fingerprint density at radius 3 is 2.29 bits per heavy atom. The fourth-order valence-electron chi connectivity index (χ4n) is 6.41. The first-order chi connectivity index (χ1) is 24.6. The predicted octanol–water partition coefficient (Wildman–Crippen LogP) is 5.54. The third kappa shape index (κ3) is 7.99. The Morgan fingerprint density at radius 1 is 0.922 bits per heavy atom. The lowest BCUT2D eigenvalue weighted by Crippen LogP contribution is -2.85. The van der Waals surface area contributed by atoms with Gasteiger partial charge >= 0.3 is 12.0 Å². The smallest absolute Gasteiger partial charge is 0.456 e. The molecule has 11 heteroatoms. The number of nitrogens with one attached hydrogen (secondary N) is 2. The second-order valence-corrected chi connectivity index (χ2v) is 13.5. The molecule has 6 rings (SSSR count). The van der Waals surface area contributed by atoms with E-state index in [2.05, 4.69) is 34.1 Å². The molecule has 0 spiro atoms. The van der Waals surface area contributed by atoms with E-state index in [4.69, 9.17) is 9.47 Å². The minimum absolute atomic E-state index is 0.0171. The molecule has 0 aliphatic carbocycles. The number of pyridine rings is 1. The highest BCUT2D eigenvalue weighted by Crippen LogP contribution is 2.36. The maximum Gasteiger partial charge on any atom is 0.456 e. The van der Waals surface area contributed by atoms with E-state index in [0.29, 0.717) is 24.6 Å². The Balaban J connectivity index is 1.28. The zero-order valence-corrected chi connectivity index (χ0v) is 29.1. The summed E-state index contributed by atoms with van der Waals surface area (Å²) in [7, 11) is 1.62. The van der Waals surface area contributed by atoms with Crippen molar-refractivity contribution in [1.29, 1.82) is 0 Å². The largest absolute Gasteiger partial charge is 0.487 e. The number of hydrogen-bond acceptors (Lipinski definition) is 7. The van der Waals surface area contributed by atoms with E-state index < -0.39 is 28.2 Å². The number of aromatic nitrogens is 3. The molecule has 3 amide bonds. The summed E-state index contributed by atoms with van der Waals surface area (Å²) in [6.45, 7) is 4.75. The van der Waals surface area contributed by atoms with Gasteiger partial charge in [0.15, 0.2) is 0 Å². The van der Waals surface area contributed by atoms with Crippen LogP contribution in [0, 0.1) is 0 Å². The maximum atomic E-state index is 14.4. The van der Waals surface area contributed by atoms with E-state index in [-0.39, 0.29) is 31.3 Å². The van der Waals surface area contributed by atoms with Gasteiger partial charge in [0.25, 0.3) is 5.91 Å². The zero-order chi connectivity index (χ0) is 35.8. The summed E-state index contributed by atoms with van der Waals surface area (Å²) in [6, 6.07) is 30.5. The van der Waals surface area contributed by atoms with Crippen LogP contribution in [-0.2, 0) is 45.8 Å². The number of carbonyl (C=O) groups is 3. The van der Waals surface area contributed by atoms with Gasteiger partial charge in [-0.2, -0.15) is 0 Å². The lowest BCUT2D eigenvalue weighted by Gasteiger charge is -2.54. The topological polar surface area (TPSA) is 127 Å². The van der Waals surface area contributed by atoms with Crippen LogP contribution < -0.4 is 10.1 Å². The molecule has 3 aromatic carbocycles. The Kier molecular flexibility index (Phi) is 10.6. The van der Waals surface area contributed by atoms with Gasteiger partial charge in [-0.05, 0) is 41.0 Å². The second kappa shape index (κ2) is 15.4. The Bertz CT molecular complexity index is 1900. The summed E-state index contributed by atoms with van der Waals surface area (Å²) in [5.41, 5.74) is 3.75. The molecule has 262 valence electrons. The van der Waals surface area contributed by atoms with E-state index in [0.717, 1.165) is 22.4 Å². The number of aromatic amines is 1. The number of benzene rings is 3. The average Bonchev–Trinajstić information content (AvgIpc) is 3.69. The first-order valence-corrected chi connectivity index (χ1v) is 17.0. The minimum atomic E-state index is -0.994. The molecule has 2 aromatic heterocycles. The van der Waals surface area contributed by atoms with Crippen LogP contribution in [0.3, 0.4) is 0 Å². The first-order valence-electron chi connectivity index (χ1n) is 17.0. The number of quaternary nitrogens is 1. The van der Waals surface area contributed by atoms with Crippen molar-refractivity contribution in [2.24, 2.45) is 0 Å². The Labute approximate surface area is 297 Å². The van der Waals surface area contributed by atoms with Gasteiger partial charge < -0.3 is 19.8 Å². The quantitative estimate of drug-likeness (QED) is 0.147. The molecule has 0 bridgehead atoms. The summed E-state index contributed by atoms with van der Waals surface area (Å²) in [4.78, 5) is 54.1.